The van der Waals surface area contributed by atoms with E-state index < -0.39 is 0 Å². The zero-order chi connectivity index (χ0) is 20.8. The summed E-state index contributed by atoms with van der Waals surface area (Å²) in [6, 6.07) is 16.0. The summed E-state index contributed by atoms with van der Waals surface area (Å²) in [4.78, 5) is 22.8. The molecule has 2 aromatic rings. The van der Waals surface area contributed by atoms with Gasteiger partial charge in [-0.2, -0.15) is 0 Å². The molecule has 5 rings (SSSR count). The molecule has 2 aliphatic heterocycles. The van der Waals surface area contributed by atoms with Crippen molar-refractivity contribution >= 4 is 16.8 Å². The van der Waals surface area contributed by atoms with Crippen LogP contribution in [0, 0.1) is 13.8 Å². The molecular formula is C25H25N3O2. The second-order valence-corrected chi connectivity index (χ2v) is 8.15. The zero-order valence-corrected chi connectivity index (χ0v) is 17.6. The Bertz CT molecular complexity index is 1250. The highest BCUT2D eigenvalue weighted by Gasteiger charge is 2.24. The van der Waals surface area contributed by atoms with Crippen LogP contribution in [0.25, 0.3) is 33.7 Å². The number of anilines is 1. The number of rotatable bonds is 2. The van der Waals surface area contributed by atoms with E-state index in [9.17, 15) is 4.79 Å². The van der Waals surface area contributed by atoms with Crippen molar-refractivity contribution in [1.82, 2.24) is 9.88 Å². The molecule has 3 aliphatic rings. The van der Waals surface area contributed by atoms with Gasteiger partial charge in [-0.3, -0.25) is 4.79 Å². The van der Waals surface area contributed by atoms with Crippen LogP contribution in [0.15, 0.2) is 57.7 Å². The van der Waals surface area contributed by atoms with Crippen LogP contribution in [-0.4, -0.2) is 43.1 Å². The molecule has 0 radical (unpaired) electrons. The third-order valence-corrected chi connectivity index (χ3v) is 6.26. The Balaban J connectivity index is 1.65. The number of fused-ring (bicyclic) bond motifs is 2. The van der Waals surface area contributed by atoms with E-state index in [0.717, 1.165) is 54.1 Å². The Hall–Kier alpha value is -3.18. The number of nitrogens with zero attached hydrogens (tertiary/aromatic N) is 3. The first-order valence-electron chi connectivity index (χ1n) is 10.4. The van der Waals surface area contributed by atoms with Crippen LogP contribution in [0.5, 0.6) is 0 Å². The van der Waals surface area contributed by atoms with Crippen LogP contribution in [0.1, 0.15) is 11.1 Å². The van der Waals surface area contributed by atoms with E-state index in [1.165, 1.54) is 5.69 Å². The molecule has 5 nitrogen and oxygen atoms in total. The SMILES string of the molecule is Cc1c2nc3ccccc3oc-2c(-c2ccc(N3CCN(C)CC3)cc2)c(=O)c1C. The molecule has 1 fully saturated rings. The van der Waals surface area contributed by atoms with E-state index in [2.05, 4.69) is 29.0 Å². The minimum Gasteiger partial charge on any atom is -0.452 e. The Morgan fingerprint density at radius 1 is 0.900 bits per heavy atom. The lowest BCUT2D eigenvalue weighted by Crippen LogP contribution is -2.44. The molecule has 1 aliphatic carbocycles. The van der Waals surface area contributed by atoms with Crippen molar-refractivity contribution in [3.8, 4) is 22.6 Å². The predicted octanol–water partition coefficient (Wildman–Crippen LogP) is 4.33. The van der Waals surface area contributed by atoms with E-state index >= 15 is 0 Å². The lowest BCUT2D eigenvalue weighted by atomic mass is 9.93. The predicted molar refractivity (Wildman–Crippen MR) is 122 cm³/mol. The summed E-state index contributed by atoms with van der Waals surface area (Å²) in [6.07, 6.45) is 0. The summed E-state index contributed by atoms with van der Waals surface area (Å²) in [7, 11) is 2.16. The summed E-state index contributed by atoms with van der Waals surface area (Å²) >= 11 is 0. The van der Waals surface area contributed by atoms with Gasteiger partial charge in [0.15, 0.2) is 16.8 Å². The van der Waals surface area contributed by atoms with Gasteiger partial charge in [-0.25, -0.2) is 4.98 Å². The van der Waals surface area contributed by atoms with E-state index in [0.29, 0.717) is 16.9 Å². The van der Waals surface area contributed by atoms with Crippen molar-refractivity contribution in [3.63, 3.8) is 0 Å². The summed E-state index contributed by atoms with van der Waals surface area (Å²) in [5, 5.41) is 0. The van der Waals surface area contributed by atoms with Crippen LogP contribution in [-0.2, 0) is 0 Å². The number of hydrogen-bond donors (Lipinski definition) is 0. The van der Waals surface area contributed by atoms with Crippen LogP contribution < -0.4 is 10.3 Å². The summed E-state index contributed by atoms with van der Waals surface area (Å²) in [5.41, 5.74) is 6.49. The maximum atomic E-state index is 13.3. The van der Waals surface area contributed by atoms with Gasteiger partial charge in [0.1, 0.15) is 11.2 Å². The Morgan fingerprint density at radius 2 is 1.60 bits per heavy atom. The molecule has 2 aromatic carbocycles. The van der Waals surface area contributed by atoms with Gasteiger partial charge in [0.05, 0.1) is 5.56 Å². The zero-order valence-electron chi connectivity index (χ0n) is 17.6. The van der Waals surface area contributed by atoms with Gasteiger partial charge in [0.25, 0.3) is 0 Å². The Labute approximate surface area is 175 Å². The van der Waals surface area contributed by atoms with Gasteiger partial charge in [0.2, 0.25) is 0 Å². The number of hydrogen-bond acceptors (Lipinski definition) is 5. The topological polar surface area (TPSA) is 49.6 Å². The second-order valence-electron chi connectivity index (χ2n) is 8.15. The fourth-order valence-electron chi connectivity index (χ4n) is 4.19. The average Bonchev–Trinajstić information content (AvgIpc) is 2.78. The lowest BCUT2D eigenvalue weighted by Gasteiger charge is -2.34. The lowest BCUT2D eigenvalue weighted by molar-refractivity contribution is 0.313. The summed E-state index contributed by atoms with van der Waals surface area (Å²) < 4.78 is 6.23. The molecule has 0 aromatic heterocycles. The molecule has 1 saturated heterocycles. The van der Waals surface area contributed by atoms with Gasteiger partial charge in [-0.15, -0.1) is 0 Å². The van der Waals surface area contributed by atoms with E-state index in [1.54, 1.807) is 0 Å². The first-order valence-corrected chi connectivity index (χ1v) is 10.4. The largest absolute Gasteiger partial charge is 0.452 e. The number of aromatic nitrogens is 1. The fourth-order valence-corrected chi connectivity index (χ4v) is 4.19. The molecule has 152 valence electrons. The van der Waals surface area contributed by atoms with Gasteiger partial charge in [-0.05, 0) is 56.3 Å². The minimum atomic E-state index is 0.00757. The number of piperazine rings is 1. The van der Waals surface area contributed by atoms with E-state index in [-0.39, 0.29) is 5.43 Å². The van der Waals surface area contributed by atoms with Crippen molar-refractivity contribution in [2.24, 2.45) is 0 Å². The molecular weight excluding hydrogens is 374 g/mol. The monoisotopic (exact) mass is 399 g/mol. The van der Waals surface area contributed by atoms with Crippen molar-refractivity contribution in [1.29, 1.82) is 0 Å². The Kier molecular flexibility index (Phi) is 4.55. The van der Waals surface area contributed by atoms with Gasteiger partial charge >= 0.3 is 0 Å². The van der Waals surface area contributed by atoms with Crippen molar-refractivity contribution < 1.29 is 4.42 Å². The fraction of sp³-hybridized carbons (Fsp3) is 0.280. The molecule has 0 bridgehead atoms. The highest BCUT2D eigenvalue weighted by molar-refractivity contribution is 5.86. The third-order valence-electron chi connectivity index (χ3n) is 6.26. The molecule has 0 unspecified atom stereocenters. The second kappa shape index (κ2) is 7.26. The average molecular weight is 399 g/mol. The highest BCUT2D eigenvalue weighted by Crippen LogP contribution is 2.36. The number of benzene rings is 3. The number of para-hydroxylation sites is 2. The smallest absolute Gasteiger partial charge is 0.193 e. The Morgan fingerprint density at radius 3 is 2.33 bits per heavy atom. The van der Waals surface area contributed by atoms with Crippen LogP contribution in [0.4, 0.5) is 5.69 Å². The molecule has 30 heavy (non-hydrogen) atoms. The van der Waals surface area contributed by atoms with Gasteiger partial charge in [-0.1, -0.05) is 24.3 Å². The molecule has 0 amide bonds. The van der Waals surface area contributed by atoms with Gasteiger partial charge < -0.3 is 14.2 Å². The molecule has 5 heteroatoms. The highest BCUT2D eigenvalue weighted by atomic mass is 16.3. The molecule has 2 heterocycles. The normalized spacial score (nSPS) is 15.2. The third kappa shape index (κ3) is 3.06. The molecule has 0 atom stereocenters. The summed E-state index contributed by atoms with van der Waals surface area (Å²) in [5.74, 6) is 0.564. The van der Waals surface area contributed by atoms with Gasteiger partial charge in [0, 0.05) is 37.4 Å². The molecule has 0 N–H and O–H groups in total. The molecule has 0 saturated carbocycles. The van der Waals surface area contributed by atoms with E-state index in [4.69, 9.17) is 9.40 Å². The molecule has 0 spiro atoms. The summed E-state index contributed by atoms with van der Waals surface area (Å²) in [6.45, 7) is 7.96. The van der Waals surface area contributed by atoms with Crippen molar-refractivity contribution in [2.75, 3.05) is 38.1 Å². The maximum absolute atomic E-state index is 13.3. The first-order chi connectivity index (χ1) is 14.5. The van der Waals surface area contributed by atoms with E-state index in [1.807, 2.05) is 50.2 Å². The van der Waals surface area contributed by atoms with Crippen LogP contribution in [0.3, 0.4) is 0 Å². The maximum Gasteiger partial charge on any atom is 0.193 e. The quantitative estimate of drug-likeness (QED) is 0.470. The minimum absolute atomic E-state index is 0.00757. The van der Waals surface area contributed by atoms with Crippen LogP contribution in [0.2, 0.25) is 0 Å². The van der Waals surface area contributed by atoms with Crippen LogP contribution >= 0.6 is 0 Å². The van der Waals surface area contributed by atoms with Crippen molar-refractivity contribution in [2.45, 2.75) is 13.8 Å². The van der Waals surface area contributed by atoms with Crippen molar-refractivity contribution in [3.05, 3.63) is 69.9 Å². The first kappa shape index (κ1) is 18.8. The standard InChI is InChI=1S/C25H25N3O2/c1-16-17(2)24(29)22(25-23(16)26-20-6-4-5-7-21(20)30-25)18-8-10-19(11-9-18)28-14-12-27(3)13-15-28/h4-11H,12-15H2,1-3H3. The number of likely N-dealkylation sites (N-methyl/N-ethyl adjacent to an activating group) is 1.